The van der Waals surface area contributed by atoms with E-state index in [2.05, 4.69) is 78.9 Å². The molecule has 0 fully saturated rings. The second kappa shape index (κ2) is 5.71. The SMILES string of the molecule is C(=Cc1ccccc1)C1=CCC1Cc1ccccc1. The zero-order valence-electron chi connectivity index (χ0n) is 11.0. The number of rotatable bonds is 4. The van der Waals surface area contributed by atoms with E-state index < -0.39 is 0 Å². The van der Waals surface area contributed by atoms with Gasteiger partial charge in [0.05, 0.1) is 0 Å². The molecule has 0 amide bonds. The van der Waals surface area contributed by atoms with E-state index in [4.69, 9.17) is 0 Å². The largest absolute Gasteiger partial charge is 0.0804 e. The van der Waals surface area contributed by atoms with E-state index in [1.807, 2.05) is 0 Å². The summed E-state index contributed by atoms with van der Waals surface area (Å²) in [6.07, 6.45) is 9.19. The third-order valence-corrected chi connectivity index (χ3v) is 3.70. The predicted octanol–water partition coefficient (Wildman–Crippen LogP) is 4.89. The first-order valence-electron chi connectivity index (χ1n) is 6.89. The van der Waals surface area contributed by atoms with Crippen LogP contribution in [0.2, 0.25) is 0 Å². The van der Waals surface area contributed by atoms with Crippen LogP contribution in [0.5, 0.6) is 0 Å². The number of hydrogen-bond donors (Lipinski definition) is 0. The maximum atomic E-state index is 2.34. The Morgan fingerprint density at radius 2 is 1.53 bits per heavy atom. The lowest BCUT2D eigenvalue weighted by Gasteiger charge is -2.25. The molecule has 3 rings (SSSR count). The highest BCUT2D eigenvalue weighted by Crippen LogP contribution is 2.31. The summed E-state index contributed by atoms with van der Waals surface area (Å²) in [5.74, 6) is 0.697. The average Bonchev–Trinajstić information content (AvgIpc) is 2.46. The Kier molecular flexibility index (Phi) is 3.60. The molecule has 1 aliphatic carbocycles. The lowest BCUT2D eigenvalue weighted by Crippen LogP contribution is -2.13. The van der Waals surface area contributed by atoms with Crippen LogP contribution in [0.25, 0.3) is 6.08 Å². The Morgan fingerprint density at radius 3 is 2.16 bits per heavy atom. The first-order valence-corrected chi connectivity index (χ1v) is 6.89. The molecule has 0 radical (unpaired) electrons. The second-order valence-corrected chi connectivity index (χ2v) is 5.07. The van der Waals surface area contributed by atoms with Crippen LogP contribution >= 0.6 is 0 Å². The van der Waals surface area contributed by atoms with Gasteiger partial charge in [-0.2, -0.15) is 0 Å². The Hall–Kier alpha value is -2.08. The maximum absolute atomic E-state index is 2.34. The molecule has 0 aromatic heterocycles. The minimum Gasteiger partial charge on any atom is -0.0804 e. The van der Waals surface area contributed by atoms with E-state index in [-0.39, 0.29) is 0 Å². The fourth-order valence-corrected chi connectivity index (χ4v) is 2.48. The van der Waals surface area contributed by atoms with Crippen LogP contribution in [0.3, 0.4) is 0 Å². The summed E-state index contributed by atoms with van der Waals surface area (Å²) in [7, 11) is 0. The van der Waals surface area contributed by atoms with Gasteiger partial charge in [0.25, 0.3) is 0 Å². The van der Waals surface area contributed by atoms with Gasteiger partial charge in [0.2, 0.25) is 0 Å². The summed E-state index contributed by atoms with van der Waals surface area (Å²) in [5, 5.41) is 0. The van der Waals surface area contributed by atoms with Crippen molar-refractivity contribution in [3.8, 4) is 0 Å². The smallest absolute Gasteiger partial charge is 0.00899 e. The lowest BCUT2D eigenvalue weighted by molar-refractivity contribution is 0.576. The standard InChI is InChI=1S/C19H18/c1-3-7-16(8-4-1)11-12-18-13-14-19(18)15-17-9-5-2-6-10-17/h1-13,19H,14-15H2. The van der Waals surface area contributed by atoms with Gasteiger partial charge < -0.3 is 0 Å². The van der Waals surface area contributed by atoms with Crippen LogP contribution in [0.4, 0.5) is 0 Å². The zero-order chi connectivity index (χ0) is 12.9. The van der Waals surface area contributed by atoms with E-state index in [0.717, 1.165) is 6.42 Å². The van der Waals surface area contributed by atoms with Crippen molar-refractivity contribution in [2.24, 2.45) is 5.92 Å². The molecule has 1 atom stereocenters. The maximum Gasteiger partial charge on any atom is -0.00899 e. The van der Waals surface area contributed by atoms with Crippen LogP contribution in [0.15, 0.2) is 78.4 Å². The molecule has 2 aromatic rings. The highest BCUT2D eigenvalue weighted by atomic mass is 14.2. The Balaban J connectivity index is 1.63. The van der Waals surface area contributed by atoms with Crippen LogP contribution in [-0.4, -0.2) is 0 Å². The van der Waals surface area contributed by atoms with Crippen molar-refractivity contribution in [3.05, 3.63) is 89.5 Å². The van der Waals surface area contributed by atoms with E-state index in [1.54, 1.807) is 0 Å². The molecule has 0 nitrogen and oxygen atoms in total. The van der Waals surface area contributed by atoms with Gasteiger partial charge in [-0.05, 0) is 35.5 Å². The third-order valence-electron chi connectivity index (χ3n) is 3.70. The van der Waals surface area contributed by atoms with Crippen molar-refractivity contribution >= 4 is 6.08 Å². The van der Waals surface area contributed by atoms with E-state index >= 15 is 0 Å². The van der Waals surface area contributed by atoms with Gasteiger partial charge >= 0.3 is 0 Å². The lowest BCUT2D eigenvalue weighted by atomic mass is 9.80. The van der Waals surface area contributed by atoms with E-state index in [0.29, 0.717) is 5.92 Å². The molecule has 0 N–H and O–H groups in total. The minimum atomic E-state index is 0.697. The molecule has 0 saturated heterocycles. The van der Waals surface area contributed by atoms with Gasteiger partial charge in [-0.15, -0.1) is 0 Å². The van der Waals surface area contributed by atoms with Crippen molar-refractivity contribution in [3.63, 3.8) is 0 Å². The number of benzene rings is 2. The van der Waals surface area contributed by atoms with Crippen molar-refractivity contribution in [2.45, 2.75) is 12.8 Å². The topological polar surface area (TPSA) is 0 Å². The molecule has 2 aromatic carbocycles. The molecule has 0 bridgehead atoms. The van der Waals surface area contributed by atoms with Crippen molar-refractivity contribution in [1.82, 2.24) is 0 Å². The molecule has 0 spiro atoms. The van der Waals surface area contributed by atoms with Crippen LogP contribution < -0.4 is 0 Å². The van der Waals surface area contributed by atoms with Gasteiger partial charge in [-0.25, -0.2) is 0 Å². The molecular formula is C19H18. The van der Waals surface area contributed by atoms with Crippen LogP contribution in [0, 0.1) is 5.92 Å². The molecule has 0 heterocycles. The second-order valence-electron chi connectivity index (χ2n) is 5.07. The van der Waals surface area contributed by atoms with Crippen molar-refractivity contribution < 1.29 is 0 Å². The quantitative estimate of drug-likeness (QED) is 0.720. The molecule has 0 heteroatoms. The monoisotopic (exact) mass is 246 g/mol. The van der Waals surface area contributed by atoms with Crippen LogP contribution in [-0.2, 0) is 6.42 Å². The van der Waals surface area contributed by atoms with Gasteiger partial charge in [0.15, 0.2) is 0 Å². The summed E-state index contributed by atoms with van der Waals surface area (Å²) in [5.41, 5.74) is 4.19. The summed E-state index contributed by atoms with van der Waals surface area (Å²) < 4.78 is 0. The summed E-state index contributed by atoms with van der Waals surface area (Å²) in [6, 6.07) is 21.3. The summed E-state index contributed by atoms with van der Waals surface area (Å²) in [6.45, 7) is 0. The third kappa shape index (κ3) is 3.03. The van der Waals surface area contributed by atoms with E-state index in [9.17, 15) is 0 Å². The Bertz CT molecular complexity index is 576. The Morgan fingerprint density at radius 1 is 0.842 bits per heavy atom. The number of allylic oxidation sites excluding steroid dienone is 3. The molecule has 94 valence electrons. The first kappa shape index (κ1) is 12.0. The molecular weight excluding hydrogens is 228 g/mol. The molecule has 1 unspecified atom stereocenters. The van der Waals surface area contributed by atoms with Crippen LogP contribution in [0.1, 0.15) is 17.5 Å². The van der Waals surface area contributed by atoms with Crippen molar-refractivity contribution in [2.75, 3.05) is 0 Å². The van der Waals surface area contributed by atoms with Gasteiger partial charge in [0, 0.05) is 0 Å². The normalized spacial score (nSPS) is 18.1. The molecule has 0 aliphatic heterocycles. The molecule has 19 heavy (non-hydrogen) atoms. The molecule has 0 saturated carbocycles. The minimum absolute atomic E-state index is 0.697. The van der Waals surface area contributed by atoms with Gasteiger partial charge in [-0.3, -0.25) is 0 Å². The fourth-order valence-electron chi connectivity index (χ4n) is 2.48. The highest BCUT2D eigenvalue weighted by molar-refractivity contribution is 5.54. The summed E-state index contributed by atoms with van der Waals surface area (Å²) >= 11 is 0. The fraction of sp³-hybridized carbons (Fsp3) is 0.158. The average molecular weight is 246 g/mol. The van der Waals surface area contributed by atoms with Gasteiger partial charge in [-0.1, -0.05) is 78.9 Å². The first-order chi connectivity index (χ1) is 9.42. The molecule has 1 aliphatic rings. The predicted molar refractivity (Wildman–Crippen MR) is 81.8 cm³/mol. The number of hydrogen-bond acceptors (Lipinski definition) is 0. The van der Waals surface area contributed by atoms with E-state index in [1.165, 1.54) is 23.1 Å². The van der Waals surface area contributed by atoms with Gasteiger partial charge in [0.1, 0.15) is 0 Å². The Labute approximate surface area is 115 Å². The highest BCUT2D eigenvalue weighted by Gasteiger charge is 2.19. The summed E-state index contributed by atoms with van der Waals surface area (Å²) in [4.78, 5) is 0. The zero-order valence-corrected chi connectivity index (χ0v) is 11.0. The van der Waals surface area contributed by atoms with Crippen molar-refractivity contribution in [1.29, 1.82) is 0 Å².